The number of methoxy groups -OCH3 is 1. The first-order valence-electron chi connectivity index (χ1n) is 13.1. The molecule has 5 N–H and O–H groups in total. The summed E-state index contributed by atoms with van der Waals surface area (Å²) in [5.41, 5.74) is 0.303. The van der Waals surface area contributed by atoms with E-state index in [4.69, 9.17) is 14.3 Å². The van der Waals surface area contributed by atoms with E-state index in [1.807, 2.05) is 0 Å². The fourth-order valence-corrected chi connectivity index (χ4v) is 4.63. The van der Waals surface area contributed by atoms with Gasteiger partial charge in [0.2, 0.25) is 0 Å². The molecule has 1 heterocycles. The van der Waals surface area contributed by atoms with Crippen LogP contribution in [-0.4, -0.2) is 39.2 Å². The zero-order chi connectivity index (χ0) is 26.8. The second-order valence-electron chi connectivity index (χ2n) is 9.48. The molecule has 0 unspecified atom stereocenters. The van der Waals surface area contributed by atoms with E-state index in [0.717, 1.165) is 38.5 Å². The van der Waals surface area contributed by atoms with Crippen LogP contribution in [0.3, 0.4) is 0 Å². The Kier molecular flexibility index (Phi) is 10.5. The maximum Gasteiger partial charge on any atom is 0.200 e. The van der Waals surface area contributed by atoms with Crippen molar-refractivity contribution in [1.29, 1.82) is 0 Å². The van der Waals surface area contributed by atoms with E-state index in [0.29, 0.717) is 17.7 Å². The van der Waals surface area contributed by atoms with Crippen molar-refractivity contribution in [2.75, 3.05) is 13.7 Å². The number of aliphatic hydroxyl groups excluding tert-OH is 1. The SMILES string of the molecule is COc1cc(O)c2c(=O)c(CCCCCCCCCCCCCO)c(-c3cc(O)c(O)c(O)c3)oc2c1. The summed E-state index contributed by atoms with van der Waals surface area (Å²) in [6.07, 6.45) is 12.2. The van der Waals surface area contributed by atoms with Gasteiger partial charge in [-0.3, -0.25) is 4.79 Å². The van der Waals surface area contributed by atoms with E-state index < -0.39 is 17.2 Å². The van der Waals surface area contributed by atoms with Crippen LogP contribution in [0.25, 0.3) is 22.3 Å². The van der Waals surface area contributed by atoms with Crippen molar-refractivity contribution in [2.24, 2.45) is 0 Å². The van der Waals surface area contributed by atoms with Crippen LogP contribution in [0.4, 0.5) is 0 Å². The van der Waals surface area contributed by atoms with Crippen molar-refractivity contribution >= 4 is 11.0 Å². The summed E-state index contributed by atoms with van der Waals surface area (Å²) in [5.74, 6) is -1.50. The number of phenols is 4. The maximum absolute atomic E-state index is 13.5. The molecular weight excluding hydrogens is 476 g/mol. The highest BCUT2D eigenvalue weighted by atomic mass is 16.5. The quantitative estimate of drug-likeness (QED) is 0.121. The second-order valence-corrected chi connectivity index (χ2v) is 9.48. The number of hydrogen-bond donors (Lipinski definition) is 5. The molecule has 2 aromatic carbocycles. The van der Waals surface area contributed by atoms with Crippen molar-refractivity contribution in [1.82, 2.24) is 0 Å². The van der Waals surface area contributed by atoms with Crippen molar-refractivity contribution in [3.8, 4) is 40.1 Å². The van der Waals surface area contributed by atoms with Crippen LogP contribution in [0, 0.1) is 0 Å². The molecule has 37 heavy (non-hydrogen) atoms. The zero-order valence-electron chi connectivity index (χ0n) is 21.5. The van der Waals surface area contributed by atoms with E-state index >= 15 is 0 Å². The fraction of sp³-hybridized carbons (Fsp3) is 0.483. The molecule has 0 spiro atoms. The normalized spacial score (nSPS) is 11.3. The summed E-state index contributed by atoms with van der Waals surface area (Å²) in [6.45, 7) is 0.276. The fourth-order valence-electron chi connectivity index (χ4n) is 4.63. The number of ether oxygens (including phenoxy) is 1. The molecule has 202 valence electrons. The minimum absolute atomic E-state index is 0.0470. The summed E-state index contributed by atoms with van der Waals surface area (Å²) in [6, 6.07) is 5.31. The minimum Gasteiger partial charge on any atom is -0.507 e. The van der Waals surface area contributed by atoms with Crippen LogP contribution in [0.2, 0.25) is 0 Å². The van der Waals surface area contributed by atoms with Gasteiger partial charge in [0, 0.05) is 29.9 Å². The van der Waals surface area contributed by atoms with E-state index in [-0.39, 0.29) is 40.1 Å². The third-order valence-electron chi connectivity index (χ3n) is 6.69. The van der Waals surface area contributed by atoms with Gasteiger partial charge in [-0.05, 0) is 31.4 Å². The van der Waals surface area contributed by atoms with E-state index in [1.54, 1.807) is 0 Å². The summed E-state index contributed by atoms with van der Waals surface area (Å²) in [4.78, 5) is 13.5. The molecule has 8 nitrogen and oxygen atoms in total. The molecule has 0 radical (unpaired) electrons. The van der Waals surface area contributed by atoms with Gasteiger partial charge in [0.1, 0.15) is 28.2 Å². The van der Waals surface area contributed by atoms with Gasteiger partial charge in [0.15, 0.2) is 22.7 Å². The van der Waals surface area contributed by atoms with Gasteiger partial charge in [-0.25, -0.2) is 0 Å². The molecule has 1 aromatic heterocycles. The van der Waals surface area contributed by atoms with Gasteiger partial charge in [-0.1, -0.05) is 57.8 Å². The molecule has 0 saturated carbocycles. The van der Waals surface area contributed by atoms with E-state index in [1.165, 1.54) is 63.5 Å². The number of rotatable bonds is 15. The number of benzene rings is 2. The molecule has 8 heteroatoms. The number of unbranched alkanes of at least 4 members (excludes halogenated alkanes) is 10. The number of aliphatic hydroxyl groups is 1. The summed E-state index contributed by atoms with van der Waals surface area (Å²) >= 11 is 0. The first-order chi connectivity index (χ1) is 17.9. The second kappa shape index (κ2) is 13.8. The van der Waals surface area contributed by atoms with Gasteiger partial charge in [0.25, 0.3) is 0 Å². The van der Waals surface area contributed by atoms with Crippen LogP contribution in [0.15, 0.2) is 33.5 Å². The Morgan fingerprint density at radius 1 is 0.730 bits per heavy atom. The zero-order valence-corrected chi connectivity index (χ0v) is 21.5. The summed E-state index contributed by atoms with van der Waals surface area (Å²) in [5, 5.41) is 49.2. The highest BCUT2D eigenvalue weighted by Crippen LogP contribution is 2.41. The lowest BCUT2D eigenvalue weighted by Gasteiger charge is -2.13. The van der Waals surface area contributed by atoms with Crippen LogP contribution in [0.1, 0.15) is 76.2 Å². The lowest BCUT2D eigenvalue weighted by molar-refractivity contribution is 0.282. The Morgan fingerprint density at radius 2 is 1.27 bits per heavy atom. The Labute approximate surface area is 216 Å². The molecule has 3 rings (SSSR count). The molecule has 0 aliphatic rings. The Morgan fingerprint density at radius 3 is 1.81 bits per heavy atom. The lowest BCUT2D eigenvalue weighted by Crippen LogP contribution is -2.12. The molecule has 0 fully saturated rings. The Balaban J connectivity index is 1.72. The average Bonchev–Trinajstić information content (AvgIpc) is 2.88. The first-order valence-corrected chi connectivity index (χ1v) is 13.1. The molecular formula is C29H38O8. The molecule has 0 amide bonds. The van der Waals surface area contributed by atoms with Crippen molar-refractivity contribution in [2.45, 2.75) is 77.0 Å². The van der Waals surface area contributed by atoms with E-state index in [9.17, 15) is 25.2 Å². The van der Waals surface area contributed by atoms with Crippen LogP contribution >= 0.6 is 0 Å². The van der Waals surface area contributed by atoms with Crippen molar-refractivity contribution in [3.05, 3.63) is 40.1 Å². The third-order valence-corrected chi connectivity index (χ3v) is 6.69. The number of aromatic hydroxyl groups is 4. The molecule has 0 bridgehead atoms. The lowest BCUT2D eigenvalue weighted by atomic mass is 9.98. The van der Waals surface area contributed by atoms with Gasteiger partial charge in [0.05, 0.1) is 7.11 Å². The van der Waals surface area contributed by atoms with Gasteiger partial charge >= 0.3 is 0 Å². The maximum atomic E-state index is 13.5. The van der Waals surface area contributed by atoms with Crippen molar-refractivity contribution < 1.29 is 34.7 Å². The van der Waals surface area contributed by atoms with E-state index in [2.05, 4.69) is 0 Å². The highest BCUT2D eigenvalue weighted by Gasteiger charge is 2.21. The number of hydrogen-bond acceptors (Lipinski definition) is 8. The predicted molar refractivity (Wildman–Crippen MR) is 143 cm³/mol. The topological polar surface area (TPSA) is 141 Å². The standard InChI is InChI=1S/C29H38O8/c1-36-20-17-22(31)26-25(18-20)37-29(19-15-23(32)28(35)24(33)16-19)21(27(26)34)13-11-9-7-5-3-2-4-6-8-10-12-14-30/h15-18,30-33,35H,2-14H2,1H3. The smallest absolute Gasteiger partial charge is 0.200 e. The molecule has 0 aliphatic heterocycles. The Bertz CT molecular complexity index is 1210. The minimum atomic E-state index is -0.655. The predicted octanol–water partition coefficient (Wildman–Crippen LogP) is 6.12. The summed E-state index contributed by atoms with van der Waals surface area (Å²) < 4.78 is 11.2. The monoisotopic (exact) mass is 514 g/mol. The van der Waals surface area contributed by atoms with Crippen molar-refractivity contribution in [3.63, 3.8) is 0 Å². The molecule has 0 saturated heterocycles. The first kappa shape index (κ1) is 28.2. The third kappa shape index (κ3) is 7.32. The van der Waals surface area contributed by atoms with Crippen LogP contribution in [-0.2, 0) is 6.42 Å². The number of phenolic OH excluding ortho intramolecular Hbond substituents is 4. The highest BCUT2D eigenvalue weighted by molar-refractivity contribution is 5.87. The largest absolute Gasteiger partial charge is 0.507 e. The van der Waals surface area contributed by atoms with Crippen LogP contribution in [0.5, 0.6) is 28.7 Å². The Hall–Kier alpha value is -3.39. The molecule has 0 aliphatic carbocycles. The molecule has 0 atom stereocenters. The van der Waals surface area contributed by atoms with Crippen LogP contribution < -0.4 is 10.2 Å². The van der Waals surface area contributed by atoms with Gasteiger partial charge in [-0.2, -0.15) is 0 Å². The molecule has 3 aromatic rings. The summed E-state index contributed by atoms with van der Waals surface area (Å²) in [7, 11) is 1.43. The van der Waals surface area contributed by atoms with Gasteiger partial charge < -0.3 is 34.7 Å². The van der Waals surface area contributed by atoms with Gasteiger partial charge in [-0.15, -0.1) is 0 Å². The number of fused-ring (bicyclic) bond motifs is 1. The average molecular weight is 515 g/mol.